The summed E-state index contributed by atoms with van der Waals surface area (Å²) in [7, 11) is 3.46. The number of esters is 1. The molecule has 0 unspecified atom stereocenters. The fraction of sp³-hybridized carbons (Fsp3) is 0.432. The number of anilines is 2. The van der Waals surface area contributed by atoms with Gasteiger partial charge in [0.25, 0.3) is 5.91 Å². The summed E-state index contributed by atoms with van der Waals surface area (Å²) in [6.45, 7) is 4.04. The predicted octanol–water partition coefficient (Wildman–Crippen LogP) is 5.30. The van der Waals surface area contributed by atoms with Crippen LogP contribution in [0.5, 0.6) is 5.75 Å². The quantitative estimate of drug-likeness (QED) is 0.0871. The Morgan fingerprint density at radius 1 is 0.860 bits per heavy atom. The van der Waals surface area contributed by atoms with Gasteiger partial charge in [-0.15, -0.1) is 10.2 Å². The zero-order valence-corrected chi connectivity index (χ0v) is 28.9. The van der Waals surface area contributed by atoms with E-state index in [9.17, 15) is 9.59 Å². The number of piperidine rings is 1. The van der Waals surface area contributed by atoms with Crippen LogP contribution in [0.2, 0.25) is 0 Å². The number of nitrogens with zero attached hydrogens (tertiary/aromatic N) is 4. The van der Waals surface area contributed by atoms with Crippen LogP contribution in [0, 0.1) is 0 Å². The molecule has 1 saturated heterocycles. The number of unbranched alkanes of at least 4 members (excludes halogenated alkanes) is 2. The molecule has 2 aromatic heterocycles. The van der Waals surface area contributed by atoms with E-state index in [1.54, 1.807) is 18.5 Å². The molecule has 3 N–H and O–H groups in total. The van der Waals surface area contributed by atoms with Gasteiger partial charge in [0.2, 0.25) is 0 Å². The summed E-state index contributed by atoms with van der Waals surface area (Å²) >= 11 is 0. The van der Waals surface area contributed by atoms with Crippen LogP contribution >= 0.6 is 0 Å². The van der Waals surface area contributed by atoms with Crippen LogP contribution in [-0.2, 0) is 24.5 Å². The van der Waals surface area contributed by atoms with Gasteiger partial charge < -0.3 is 39.5 Å². The third kappa shape index (κ3) is 10.8. The average Bonchev–Trinajstić information content (AvgIpc) is 3.65. The van der Waals surface area contributed by atoms with Crippen LogP contribution in [0.25, 0.3) is 11.4 Å². The number of nitrogens with one attached hydrogen (secondary N) is 3. The molecule has 0 saturated carbocycles. The zero-order chi connectivity index (χ0) is 35.0. The van der Waals surface area contributed by atoms with Crippen molar-refractivity contribution < 1.29 is 28.5 Å². The zero-order valence-electron chi connectivity index (χ0n) is 28.9. The summed E-state index contributed by atoms with van der Waals surface area (Å²) in [5, 5.41) is 15.8. The lowest BCUT2D eigenvalue weighted by molar-refractivity contribution is -0.146. The molecule has 266 valence electrons. The number of methoxy groups -OCH3 is 1. The number of hydrogen-bond acceptors (Lipinski definition) is 11. The van der Waals surface area contributed by atoms with Crippen molar-refractivity contribution in [2.24, 2.45) is 0 Å². The molecule has 1 fully saturated rings. The Balaban J connectivity index is 1.09. The van der Waals surface area contributed by atoms with Crippen LogP contribution < -0.4 is 15.4 Å². The number of hydrogen-bond donors (Lipinski definition) is 3. The Kier molecular flexibility index (Phi) is 13.7. The van der Waals surface area contributed by atoms with Crippen molar-refractivity contribution in [2.75, 3.05) is 70.9 Å². The third-order valence-corrected chi connectivity index (χ3v) is 8.56. The van der Waals surface area contributed by atoms with E-state index in [1.165, 1.54) is 7.11 Å². The van der Waals surface area contributed by atoms with E-state index in [2.05, 4.69) is 47.5 Å². The molecule has 13 heteroatoms. The number of likely N-dealkylation sites (tertiary alicyclic amines) is 1. The van der Waals surface area contributed by atoms with Gasteiger partial charge in [0.05, 0.1) is 19.3 Å². The van der Waals surface area contributed by atoms with Crippen molar-refractivity contribution in [1.82, 2.24) is 25.1 Å². The van der Waals surface area contributed by atoms with Gasteiger partial charge in [0.15, 0.2) is 11.6 Å². The highest BCUT2D eigenvalue weighted by Gasteiger charge is 2.39. The number of H-pyrrole nitrogens is 1. The van der Waals surface area contributed by atoms with Crippen molar-refractivity contribution in [1.29, 1.82) is 0 Å². The molecule has 50 heavy (non-hydrogen) atoms. The van der Waals surface area contributed by atoms with E-state index in [0.717, 1.165) is 68.7 Å². The molecule has 1 aliphatic rings. The second-order valence-electron chi connectivity index (χ2n) is 12.3. The summed E-state index contributed by atoms with van der Waals surface area (Å²) < 4.78 is 21.3. The number of aromatic nitrogens is 4. The number of pyridine rings is 1. The molecule has 2 aromatic carbocycles. The molecule has 0 aliphatic carbocycles. The Morgan fingerprint density at radius 2 is 1.60 bits per heavy atom. The lowest BCUT2D eigenvalue weighted by Crippen LogP contribution is -2.46. The van der Waals surface area contributed by atoms with E-state index < -0.39 is 5.54 Å². The van der Waals surface area contributed by atoms with Crippen LogP contribution in [-0.4, -0.2) is 97.2 Å². The highest BCUT2D eigenvalue weighted by atomic mass is 16.6. The number of rotatable bonds is 19. The lowest BCUT2D eigenvalue weighted by atomic mass is 9.86. The standard InChI is InChI=1S/C37H47N7O6/c1-44-19-15-37(16-20-44,36-40-34(42-43-36)28-13-17-38-18-14-28)41-31-11-6-9-29(25-31)35(46)39-30-10-7-12-32(26-30)50-24-5-3-4-21-48-22-8-23-49-27-33(45)47-2/h6-7,9-14,17-18,25-26,41H,3-5,8,15-16,19-24,27H2,1-2H3,(H,39,46)(H,40,42,43). The molecule has 0 spiro atoms. The fourth-order valence-electron chi connectivity index (χ4n) is 5.67. The maximum atomic E-state index is 13.4. The predicted molar refractivity (Wildman–Crippen MR) is 190 cm³/mol. The summed E-state index contributed by atoms with van der Waals surface area (Å²) in [5.41, 5.74) is 2.48. The second-order valence-corrected chi connectivity index (χ2v) is 12.3. The smallest absolute Gasteiger partial charge is 0.331 e. The van der Waals surface area contributed by atoms with E-state index in [1.807, 2.05) is 54.6 Å². The number of amides is 1. The minimum absolute atomic E-state index is 0.0295. The van der Waals surface area contributed by atoms with Gasteiger partial charge in [-0.3, -0.25) is 9.78 Å². The molecule has 0 atom stereocenters. The van der Waals surface area contributed by atoms with Gasteiger partial charge in [-0.2, -0.15) is 0 Å². The summed E-state index contributed by atoms with van der Waals surface area (Å²) in [5.74, 6) is 1.58. The van der Waals surface area contributed by atoms with Crippen molar-refractivity contribution in [3.8, 4) is 17.1 Å². The Hall–Kier alpha value is -4.85. The molecule has 3 heterocycles. The van der Waals surface area contributed by atoms with Crippen molar-refractivity contribution >= 4 is 23.3 Å². The van der Waals surface area contributed by atoms with E-state index >= 15 is 0 Å². The van der Waals surface area contributed by atoms with E-state index in [4.69, 9.17) is 14.2 Å². The number of ether oxygens (including phenoxy) is 4. The monoisotopic (exact) mass is 685 g/mol. The first-order valence-corrected chi connectivity index (χ1v) is 17.1. The SMILES string of the molecule is COC(=O)COCCCOCCCCCOc1cccc(NC(=O)c2cccc(NC3(c4nnc(-c5ccncc5)[nH]4)CCN(C)CC3)c2)c1. The summed E-state index contributed by atoms with van der Waals surface area (Å²) in [6.07, 6.45) is 8.64. The molecular formula is C37H47N7O6. The first-order valence-electron chi connectivity index (χ1n) is 17.1. The van der Waals surface area contributed by atoms with Crippen molar-refractivity contribution in [3.05, 3.63) is 84.4 Å². The maximum absolute atomic E-state index is 13.4. The normalized spacial score (nSPS) is 14.2. The van der Waals surface area contributed by atoms with Gasteiger partial charge in [0, 0.05) is 73.9 Å². The average molecular weight is 686 g/mol. The Bertz CT molecular complexity index is 1640. The number of carbonyl (C=O) groups excluding carboxylic acids is 2. The highest BCUT2D eigenvalue weighted by Crippen LogP contribution is 2.35. The van der Waals surface area contributed by atoms with Gasteiger partial charge >= 0.3 is 5.97 Å². The molecule has 13 nitrogen and oxygen atoms in total. The maximum Gasteiger partial charge on any atom is 0.331 e. The number of benzene rings is 2. The minimum atomic E-state index is -0.471. The van der Waals surface area contributed by atoms with Gasteiger partial charge in [-0.05, 0) is 88.0 Å². The lowest BCUT2D eigenvalue weighted by Gasteiger charge is -2.40. The fourth-order valence-corrected chi connectivity index (χ4v) is 5.67. The summed E-state index contributed by atoms with van der Waals surface area (Å²) in [4.78, 5) is 34.2. The molecule has 4 aromatic rings. The minimum Gasteiger partial charge on any atom is -0.494 e. The Morgan fingerprint density at radius 3 is 2.42 bits per heavy atom. The van der Waals surface area contributed by atoms with Gasteiger partial charge in [-0.25, -0.2) is 4.79 Å². The number of aromatic amines is 1. The first kappa shape index (κ1) is 36.4. The van der Waals surface area contributed by atoms with Crippen molar-refractivity contribution in [2.45, 2.75) is 44.1 Å². The van der Waals surface area contributed by atoms with Crippen LogP contribution in [0.15, 0.2) is 73.1 Å². The summed E-state index contributed by atoms with van der Waals surface area (Å²) in [6, 6.07) is 18.8. The molecule has 1 amide bonds. The molecule has 5 rings (SSSR count). The molecule has 0 bridgehead atoms. The van der Waals surface area contributed by atoms with E-state index in [0.29, 0.717) is 49.3 Å². The van der Waals surface area contributed by atoms with E-state index in [-0.39, 0.29) is 18.5 Å². The van der Waals surface area contributed by atoms with Crippen molar-refractivity contribution in [3.63, 3.8) is 0 Å². The largest absolute Gasteiger partial charge is 0.494 e. The molecule has 0 radical (unpaired) electrons. The molecule has 1 aliphatic heterocycles. The second kappa shape index (κ2) is 18.8. The highest BCUT2D eigenvalue weighted by molar-refractivity contribution is 6.04. The van der Waals surface area contributed by atoms with Gasteiger partial charge in [0.1, 0.15) is 12.4 Å². The van der Waals surface area contributed by atoms with Crippen LogP contribution in [0.3, 0.4) is 0 Å². The molecular weight excluding hydrogens is 638 g/mol. The first-order chi connectivity index (χ1) is 24.4. The third-order valence-electron chi connectivity index (χ3n) is 8.56. The van der Waals surface area contributed by atoms with Crippen LogP contribution in [0.1, 0.15) is 54.7 Å². The topological polar surface area (TPSA) is 153 Å². The number of carbonyl (C=O) groups is 2. The van der Waals surface area contributed by atoms with Gasteiger partial charge in [-0.1, -0.05) is 12.1 Å². The Labute approximate surface area is 293 Å². The van der Waals surface area contributed by atoms with Crippen LogP contribution in [0.4, 0.5) is 11.4 Å².